The number of nitrogens with zero attached hydrogens (tertiary/aromatic N) is 2. The molecule has 1 atom stereocenters. The van der Waals surface area contributed by atoms with Crippen molar-refractivity contribution < 1.29 is 18.5 Å². The Kier molecular flexibility index (Phi) is 4.02. The number of rotatable bonds is 4. The van der Waals surface area contributed by atoms with Crippen LogP contribution in [0.3, 0.4) is 0 Å². The van der Waals surface area contributed by atoms with Crippen molar-refractivity contribution in [3.8, 4) is 0 Å². The molecule has 0 saturated carbocycles. The van der Waals surface area contributed by atoms with Crippen LogP contribution in [0.1, 0.15) is 12.5 Å². The summed E-state index contributed by atoms with van der Waals surface area (Å²) in [6.07, 6.45) is 1.02. The third-order valence-corrected chi connectivity index (χ3v) is 4.02. The first-order valence-electron chi connectivity index (χ1n) is 4.93. The number of sulfone groups is 1. The molecule has 0 amide bonds. The van der Waals surface area contributed by atoms with Crippen LogP contribution in [0.15, 0.2) is 29.4 Å². The quantitative estimate of drug-likeness (QED) is 0.383. The van der Waals surface area contributed by atoms with Gasteiger partial charge in [-0.3, -0.25) is 10.1 Å². The Hall–Kier alpha value is -1.96. The van der Waals surface area contributed by atoms with Crippen molar-refractivity contribution >= 4 is 21.2 Å². The number of non-ortho nitro benzene ring substituents is 1. The van der Waals surface area contributed by atoms with E-state index in [0.29, 0.717) is 5.56 Å². The fourth-order valence-corrected chi connectivity index (χ4v) is 1.92. The highest BCUT2D eigenvalue weighted by molar-refractivity contribution is 7.92. The fraction of sp³-hybridized carbons (Fsp3) is 0.300. The van der Waals surface area contributed by atoms with Crippen molar-refractivity contribution in [3.05, 3.63) is 39.9 Å². The highest BCUT2D eigenvalue weighted by atomic mass is 32.2. The number of hydrogen-bond donors (Lipinski definition) is 1. The molecule has 0 aliphatic heterocycles. The van der Waals surface area contributed by atoms with Crippen molar-refractivity contribution in [2.24, 2.45) is 5.16 Å². The molecule has 1 N–H and O–H groups in total. The maximum atomic E-state index is 11.4. The molecule has 18 heavy (non-hydrogen) atoms. The first-order valence-corrected chi connectivity index (χ1v) is 6.88. The second-order valence-electron chi connectivity index (χ2n) is 3.76. The molecule has 7 nitrogen and oxygen atoms in total. The van der Waals surface area contributed by atoms with Gasteiger partial charge in [-0.2, -0.15) is 0 Å². The Bertz CT molecular complexity index is 577. The van der Waals surface area contributed by atoms with E-state index >= 15 is 0 Å². The van der Waals surface area contributed by atoms with Crippen molar-refractivity contribution in [1.29, 1.82) is 0 Å². The molecule has 0 spiro atoms. The standard InChI is InChI=1S/C10H12N2O5S/c1-7(18(2,16)17)10(11-13)8-3-5-9(6-4-8)12(14)15/h3-7,13H,1-2H3/b11-10+/t7-/m1/s1. The highest BCUT2D eigenvalue weighted by Crippen LogP contribution is 2.16. The van der Waals surface area contributed by atoms with Crippen molar-refractivity contribution in [3.63, 3.8) is 0 Å². The van der Waals surface area contributed by atoms with Crippen LogP contribution in [0.25, 0.3) is 0 Å². The summed E-state index contributed by atoms with van der Waals surface area (Å²) in [5.41, 5.74) is 0.150. The Morgan fingerprint density at radius 1 is 1.39 bits per heavy atom. The van der Waals surface area contributed by atoms with E-state index in [0.717, 1.165) is 6.26 Å². The number of oxime groups is 1. The van der Waals surface area contributed by atoms with Gasteiger partial charge >= 0.3 is 0 Å². The van der Waals surface area contributed by atoms with Gasteiger partial charge in [0.15, 0.2) is 9.84 Å². The van der Waals surface area contributed by atoms with Crippen LogP contribution in [0.2, 0.25) is 0 Å². The lowest BCUT2D eigenvalue weighted by molar-refractivity contribution is -0.384. The smallest absolute Gasteiger partial charge is 0.269 e. The fourth-order valence-electron chi connectivity index (χ4n) is 1.33. The summed E-state index contributed by atoms with van der Waals surface area (Å²) >= 11 is 0. The van der Waals surface area contributed by atoms with E-state index in [-0.39, 0.29) is 11.4 Å². The van der Waals surface area contributed by atoms with Crippen LogP contribution in [-0.4, -0.2) is 35.8 Å². The molecule has 0 radical (unpaired) electrons. The van der Waals surface area contributed by atoms with Gasteiger partial charge in [0.1, 0.15) is 11.0 Å². The SMILES string of the molecule is C[C@H](/C(=N\O)c1ccc([N+](=O)[O-])cc1)S(C)(=O)=O. The van der Waals surface area contributed by atoms with Gasteiger partial charge in [-0.05, 0) is 19.1 Å². The first kappa shape index (κ1) is 14.1. The van der Waals surface area contributed by atoms with Crippen LogP contribution in [0.4, 0.5) is 5.69 Å². The Morgan fingerprint density at radius 2 is 1.89 bits per heavy atom. The maximum Gasteiger partial charge on any atom is 0.269 e. The summed E-state index contributed by atoms with van der Waals surface area (Å²) < 4.78 is 22.8. The van der Waals surface area contributed by atoms with Gasteiger partial charge in [-0.25, -0.2) is 8.42 Å². The second-order valence-corrected chi connectivity index (χ2v) is 6.13. The molecular weight excluding hydrogens is 260 g/mol. The molecule has 0 saturated heterocycles. The van der Waals surface area contributed by atoms with Crippen LogP contribution in [0.5, 0.6) is 0 Å². The lowest BCUT2D eigenvalue weighted by atomic mass is 10.1. The molecule has 0 aromatic heterocycles. The van der Waals surface area contributed by atoms with E-state index in [4.69, 9.17) is 5.21 Å². The normalized spacial score (nSPS) is 14.2. The van der Waals surface area contributed by atoms with Crippen molar-refractivity contribution in [1.82, 2.24) is 0 Å². The lowest BCUT2D eigenvalue weighted by Gasteiger charge is -2.11. The Morgan fingerprint density at radius 3 is 2.22 bits per heavy atom. The molecule has 1 rings (SSSR count). The van der Waals surface area contributed by atoms with Crippen molar-refractivity contribution in [2.45, 2.75) is 12.2 Å². The molecule has 0 aliphatic carbocycles. The van der Waals surface area contributed by atoms with Gasteiger partial charge in [0, 0.05) is 24.0 Å². The number of nitro benzene ring substituents is 1. The molecule has 98 valence electrons. The second kappa shape index (κ2) is 5.13. The summed E-state index contributed by atoms with van der Waals surface area (Å²) in [5.74, 6) is 0. The lowest BCUT2D eigenvalue weighted by Crippen LogP contribution is -2.27. The van der Waals surface area contributed by atoms with Gasteiger partial charge < -0.3 is 5.21 Å². The van der Waals surface area contributed by atoms with E-state index in [1.54, 1.807) is 0 Å². The Balaban J connectivity index is 3.16. The zero-order chi connectivity index (χ0) is 13.9. The summed E-state index contributed by atoms with van der Waals surface area (Å²) in [7, 11) is -3.41. The molecule has 0 aliphatic rings. The molecule has 8 heteroatoms. The largest absolute Gasteiger partial charge is 0.411 e. The average Bonchev–Trinajstić information content (AvgIpc) is 2.29. The van der Waals surface area contributed by atoms with Crippen LogP contribution < -0.4 is 0 Å². The van der Waals surface area contributed by atoms with Crippen molar-refractivity contribution in [2.75, 3.05) is 6.26 Å². The first-order chi connectivity index (χ1) is 8.27. The van der Waals surface area contributed by atoms with Gasteiger partial charge in [-0.1, -0.05) is 5.16 Å². The third-order valence-electron chi connectivity index (χ3n) is 2.51. The zero-order valence-corrected chi connectivity index (χ0v) is 10.6. The van der Waals surface area contributed by atoms with Gasteiger partial charge in [-0.15, -0.1) is 0 Å². The highest BCUT2D eigenvalue weighted by Gasteiger charge is 2.23. The average molecular weight is 272 g/mol. The van der Waals surface area contributed by atoms with Gasteiger partial charge in [0.05, 0.1) is 4.92 Å². The third kappa shape index (κ3) is 3.04. The zero-order valence-electron chi connectivity index (χ0n) is 9.77. The summed E-state index contributed by atoms with van der Waals surface area (Å²) in [4.78, 5) is 9.90. The number of hydrogen-bond acceptors (Lipinski definition) is 6. The monoisotopic (exact) mass is 272 g/mol. The molecule has 0 bridgehead atoms. The minimum Gasteiger partial charge on any atom is -0.411 e. The Labute approximate surface area is 104 Å². The van der Waals surface area contributed by atoms with E-state index in [1.165, 1.54) is 31.2 Å². The van der Waals surface area contributed by atoms with Crippen LogP contribution in [-0.2, 0) is 9.84 Å². The maximum absolute atomic E-state index is 11.4. The molecule has 0 fully saturated rings. The molecule has 1 aromatic rings. The van der Waals surface area contributed by atoms with Crippen LogP contribution >= 0.6 is 0 Å². The van der Waals surface area contributed by atoms with E-state index in [9.17, 15) is 18.5 Å². The van der Waals surface area contributed by atoms with Gasteiger partial charge in [0.2, 0.25) is 0 Å². The molecule has 0 unspecified atom stereocenters. The van der Waals surface area contributed by atoms with E-state index in [2.05, 4.69) is 5.16 Å². The summed E-state index contributed by atoms with van der Waals surface area (Å²) in [6, 6.07) is 5.12. The summed E-state index contributed by atoms with van der Waals surface area (Å²) in [5, 5.41) is 21.3. The molecule has 1 aromatic carbocycles. The summed E-state index contributed by atoms with van der Waals surface area (Å²) in [6.45, 7) is 1.38. The predicted molar refractivity (Wildman–Crippen MR) is 65.7 cm³/mol. The molecule has 0 heterocycles. The van der Waals surface area contributed by atoms with Gasteiger partial charge in [0.25, 0.3) is 5.69 Å². The number of benzene rings is 1. The predicted octanol–water partition coefficient (Wildman–Crippen LogP) is 1.21. The topological polar surface area (TPSA) is 110 Å². The van der Waals surface area contributed by atoms with Crippen LogP contribution in [0, 0.1) is 10.1 Å². The van der Waals surface area contributed by atoms with E-state index in [1.807, 2.05) is 0 Å². The van der Waals surface area contributed by atoms with E-state index < -0.39 is 20.0 Å². The number of nitro groups is 1. The molecular formula is C10H12N2O5S. The minimum atomic E-state index is -3.41. The minimum absolute atomic E-state index is 0.0487.